The second-order valence-electron chi connectivity index (χ2n) is 3.87. The molecule has 0 aromatic rings. The molecule has 0 radical (unpaired) electrons. The highest BCUT2D eigenvalue weighted by molar-refractivity contribution is 7.80. The Morgan fingerprint density at radius 2 is 2.00 bits per heavy atom. The molecule has 0 saturated carbocycles. The van der Waals surface area contributed by atoms with E-state index in [0.29, 0.717) is 12.6 Å². The van der Waals surface area contributed by atoms with Crippen LogP contribution in [0.2, 0.25) is 0 Å². The zero-order valence-electron chi connectivity index (χ0n) is 10.3. The summed E-state index contributed by atoms with van der Waals surface area (Å²) >= 11 is 5.22. The molecule has 2 N–H and O–H groups in total. The number of rotatable bonds is 7. The number of hydrogen-bond donors (Lipinski definition) is 2. The lowest BCUT2D eigenvalue weighted by Crippen LogP contribution is -2.46. The fourth-order valence-corrected chi connectivity index (χ4v) is 1.84. The van der Waals surface area contributed by atoms with Crippen LogP contribution < -0.4 is 10.6 Å². The quantitative estimate of drug-likeness (QED) is 0.658. The van der Waals surface area contributed by atoms with Gasteiger partial charge in [0.15, 0.2) is 5.11 Å². The Morgan fingerprint density at radius 3 is 2.47 bits per heavy atom. The predicted molar refractivity (Wildman–Crippen MR) is 69.2 cm³/mol. The lowest BCUT2D eigenvalue weighted by atomic mass is 10.1. The Hall–Kier alpha value is -0.350. The van der Waals surface area contributed by atoms with Gasteiger partial charge in [0.05, 0.1) is 6.61 Å². The maximum atomic E-state index is 5.22. The van der Waals surface area contributed by atoms with Gasteiger partial charge in [-0.3, -0.25) is 0 Å². The van der Waals surface area contributed by atoms with Gasteiger partial charge in [0.2, 0.25) is 0 Å². The highest BCUT2D eigenvalue weighted by Gasteiger charge is 2.08. The average Bonchev–Trinajstić information content (AvgIpc) is 2.17. The summed E-state index contributed by atoms with van der Waals surface area (Å²) in [5.41, 5.74) is 0. The minimum Gasteiger partial charge on any atom is -0.383 e. The van der Waals surface area contributed by atoms with Gasteiger partial charge in [-0.25, -0.2) is 0 Å². The molecule has 0 bridgehead atoms. The van der Waals surface area contributed by atoms with E-state index in [2.05, 4.69) is 31.4 Å². The van der Waals surface area contributed by atoms with Gasteiger partial charge < -0.3 is 15.4 Å². The molecule has 0 spiro atoms. The highest BCUT2D eigenvalue weighted by atomic mass is 32.1. The van der Waals surface area contributed by atoms with E-state index in [1.165, 1.54) is 6.42 Å². The summed E-state index contributed by atoms with van der Waals surface area (Å²) in [6.45, 7) is 7.09. The SMILES string of the molecule is CCCC(CC)NC(=S)NC(C)COC. The molecule has 2 unspecified atom stereocenters. The standard InChI is InChI=1S/C11H24N2OS/c1-5-7-10(6-2)13-11(15)12-9(3)8-14-4/h9-10H,5-8H2,1-4H3,(H2,12,13,15). The second-order valence-corrected chi connectivity index (χ2v) is 4.28. The lowest BCUT2D eigenvalue weighted by molar-refractivity contribution is 0.179. The first-order valence-electron chi connectivity index (χ1n) is 5.69. The molecule has 0 saturated heterocycles. The minimum absolute atomic E-state index is 0.258. The van der Waals surface area contributed by atoms with E-state index in [-0.39, 0.29) is 6.04 Å². The van der Waals surface area contributed by atoms with Crippen molar-refractivity contribution >= 4 is 17.3 Å². The van der Waals surface area contributed by atoms with Gasteiger partial charge in [-0.05, 0) is 32.0 Å². The molecular weight excluding hydrogens is 208 g/mol. The molecule has 4 heteroatoms. The molecule has 0 amide bonds. The van der Waals surface area contributed by atoms with Crippen molar-refractivity contribution < 1.29 is 4.74 Å². The first-order valence-corrected chi connectivity index (χ1v) is 6.10. The van der Waals surface area contributed by atoms with E-state index in [0.717, 1.165) is 18.0 Å². The van der Waals surface area contributed by atoms with Crippen LogP contribution in [0.1, 0.15) is 40.0 Å². The monoisotopic (exact) mass is 232 g/mol. The van der Waals surface area contributed by atoms with Crippen molar-refractivity contribution in [2.75, 3.05) is 13.7 Å². The van der Waals surface area contributed by atoms with Crippen LogP contribution in [0.25, 0.3) is 0 Å². The molecule has 0 heterocycles. The molecule has 0 aromatic carbocycles. The van der Waals surface area contributed by atoms with Gasteiger partial charge >= 0.3 is 0 Å². The van der Waals surface area contributed by atoms with Crippen molar-refractivity contribution in [3.8, 4) is 0 Å². The van der Waals surface area contributed by atoms with Gasteiger partial charge in [0.25, 0.3) is 0 Å². The third kappa shape index (κ3) is 7.56. The third-order valence-corrected chi connectivity index (χ3v) is 2.50. The highest BCUT2D eigenvalue weighted by Crippen LogP contribution is 2.00. The molecule has 0 aliphatic heterocycles. The maximum absolute atomic E-state index is 5.22. The number of hydrogen-bond acceptors (Lipinski definition) is 2. The molecular formula is C11H24N2OS. The third-order valence-electron chi connectivity index (χ3n) is 2.26. The molecule has 90 valence electrons. The van der Waals surface area contributed by atoms with Crippen molar-refractivity contribution in [3.63, 3.8) is 0 Å². The van der Waals surface area contributed by atoms with E-state index in [9.17, 15) is 0 Å². The summed E-state index contributed by atoms with van der Waals surface area (Å²) in [6.07, 6.45) is 3.45. The first kappa shape index (κ1) is 14.6. The van der Waals surface area contributed by atoms with Crippen LogP contribution >= 0.6 is 12.2 Å². The minimum atomic E-state index is 0.258. The molecule has 15 heavy (non-hydrogen) atoms. The predicted octanol–water partition coefficient (Wildman–Crippen LogP) is 2.06. The summed E-state index contributed by atoms with van der Waals surface area (Å²) in [4.78, 5) is 0. The van der Waals surface area contributed by atoms with E-state index in [1.807, 2.05) is 0 Å². The normalized spacial score (nSPS) is 14.4. The Bertz CT molecular complexity index is 176. The largest absolute Gasteiger partial charge is 0.383 e. The summed E-state index contributed by atoms with van der Waals surface area (Å²) < 4.78 is 5.03. The molecule has 2 atom stereocenters. The van der Waals surface area contributed by atoms with Gasteiger partial charge in [0, 0.05) is 19.2 Å². The second kappa shape index (κ2) is 8.92. The molecule has 0 rings (SSSR count). The fourth-order valence-electron chi connectivity index (χ4n) is 1.47. The summed E-state index contributed by atoms with van der Waals surface area (Å²) in [5, 5.41) is 7.26. The van der Waals surface area contributed by atoms with Gasteiger partial charge in [-0.15, -0.1) is 0 Å². The lowest BCUT2D eigenvalue weighted by Gasteiger charge is -2.21. The van der Waals surface area contributed by atoms with Gasteiger partial charge in [-0.2, -0.15) is 0 Å². The van der Waals surface area contributed by atoms with Crippen molar-refractivity contribution in [3.05, 3.63) is 0 Å². The van der Waals surface area contributed by atoms with Crippen LogP contribution in [0.3, 0.4) is 0 Å². The topological polar surface area (TPSA) is 33.3 Å². The Kier molecular flexibility index (Phi) is 8.71. The number of ether oxygens (including phenoxy) is 1. The van der Waals surface area contributed by atoms with Crippen LogP contribution in [-0.4, -0.2) is 30.9 Å². The summed E-state index contributed by atoms with van der Waals surface area (Å²) in [5.74, 6) is 0. The molecule has 0 aromatic heterocycles. The summed E-state index contributed by atoms with van der Waals surface area (Å²) in [6, 6.07) is 0.749. The van der Waals surface area contributed by atoms with Crippen molar-refractivity contribution in [1.82, 2.24) is 10.6 Å². The number of thiocarbonyl (C=S) groups is 1. The number of methoxy groups -OCH3 is 1. The van der Waals surface area contributed by atoms with Gasteiger partial charge in [0.1, 0.15) is 0 Å². The van der Waals surface area contributed by atoms with Crippen molar-refractivity contribution in [1.29, 1.82) is 0 Å². The Balaban J connectivity index is 3.79. The van der Waals surface area contributed by atoms with Crippen LogP contribution in [-0.2, 0) is 4.74 Å². The van der Waals surface area contributed by atoms with Crippen molar-refractivity contribution in [2.24, 2.45) is 0 Å². The van der Waals surface area contributed by atoms with Crippen molar-refractivity contribution in [2.45, 2.75) is 52.1 Å². The zero-order valence-corrected chi connectivity index (χ0v) is 11.1. The first-order chi connectivity index (χ1) is 7.13. The van der Waals surface area contributed by atoms with E-state index >= 15 is 0 Å². The van der Waals surface area contributed by atoms with Crippen LogP contribution in [0.5, 0.6) is 0 Å². The van der Waals surface area contributed by atoms with Crippen LogP contribution in [0.4, 0.5) is 0 Å². The molecule has 0 aliphatic carbocycles. The average molecular weight is 232 g/mol. The number of nitrogens with one attached hydrogen (secondary N) is 2. The smallest absolute Gasteiger partial charge is 0.166 e. The van der Waals surface area contributed by atoms with E-state index in [4.69, 9.17) is 17.0 Å². The van der Waals surface area contributed by atoms with E-state index < -0.39 is 0 Å². The van der Waals surface area contributed by atoms with E-state index in [1.54, 1.807) is 7.11 Å². The summed E-state index contributed by atoms with van der Waals surface area (Å²) in [7, 11) is 1.70. The van der Waals surface area contributed by atoms with Gasteiger partial charge in [-0.1, -0.05) is 20.3 Å². The maximum Gasteiger partial charge on any atom is 0.166 e. The Labute approximate surface area is 99.0 Å². The zero-order chi connectivity index (χ0) is 11.7. The fraction of sp³-hybridized carbons (Fsp3) is 0.909. The van der Waals surface area contributed by atoms with Crippen LogP contribution in [0.15, 0.2) is 0 Å². The Morgan fingerprint density at radius 1 is 1.33 bits per heavy atom. The molecule has 3 nitrogen and oxygen atoms in total. The van der Waals surface area contributed by atoms with Crippen LogP contribution in [0, 0.1) is 0 Å². The molecule has 0 aliphatic rings. The molecule has 0 fully saturated rings.